The highest BCUT2D eigenvalue weighted by molar-refractivity contribution is 8.00. The lowest BCUT2D eigenvalue weighted by molar-refractivity contribution is -0.120. The minimum absolute atomic E-state index is 0.0235. The quantitative estimate of drug-likeness (QED) is 0.399. The summed E-state index contributed by atoms with van der Waals surface area (Å²) in [5.74, 6) is -0.0235. The molecule has 1 amide bonds. The number of rotatable bonds is 12. The Morgan fingerprint density at radius 1 is 1.29 bits per heavy atom. The Hall–Kier alpha value is -2.16. The third kappa shape index (κ3) is 7.48. The molecule has 1 aromatic carbocycles. The van der Waals surface area contributed by atoms with Crippen molar-refractivity contribution in [2.24, 2.45) is 7.05 Å². The number of nitrogens with one attached hydrogen (secondary N) is 1. The van der Waals surface area contributed by atoms with Crippen LogP contribution in [-0.2, 0) is 29.6 Å². The number of benzene rings is 1. The molecule has 1 unspecified atom stereocenters. The molecule has 1 aromatic heterocycles. The summed E-state index contributed by atoms with van der Waals surface area (Å²) in [4.78, 5) is 32.7. The second kappa shape index (κ2) is 12.6. The van der Waals surface area contributed by atoms with Gasteiger partial charge in [-0.3, -0.25) is 14.2 Å². The van der Waals surface area contributed by atoms with Crippen molar-refractivity contribution in [1.29, 1.82) is 0 Å². The number of hydrogen-bond acceptors (Lipinski definition) is 6. The minimum atomic E-state index is -0.305. The third-order valence-corrected chi connectivity index (χ3v) is 6.19. The summed E-state index contributed by atoms with van der Waals surface area (Å²) in [5, 5.41) is 3.23. The van der Waals surface area contributed by atoms with Crippen LogP contribution in [0.2, 0.25) is 0 Å². The number of nitrogens with zero attached hydrogens (tertiary/aromatic N) is 3. The number of hydrogen-bond donors (Lipinski definition) is 1. The molecule has 0 aliphatic carbocycles. The molecule has 31 heavy (non-hydrogen) atoms. The molecule has 1 heterocycles. The van der Waals surface area contributed by atoms with Gasteiger partial charge in [0.2, 0.25) is 5.91 Å². The van der Waals surface area contributed by atoms with Crippen molar-refractivity contribution < 1.29 is 9.53 Å². The van der Waals surface area contributed by atoms with Crippen LogP contribution in [0.1, 0.15) is 36.6 Å². The smallest absolute Gasteiger partial charge is 0.257 e. The fraction of sp³-hybridized carbons (Fsp3) is 0.522. The topological polar surface area (TPSA) is 76.5 Å². The number of likely N-dealkylation sites (N-methyl/N-ethyl adjacent to an activating group) is 1. The maximum Gasteiger partial charge on any atom is 0.257 e. The zero-order valence-corrected chi connectivity index (χ0v) is 20.0. The SMILES string of the molecule is CCCC(Sc1nc(COC)c(Cc2ccccc2)c(=O)n1C)C(=O)NCCN(C)C. The molecule has 0 aliphatic heterocycles. The normalized spacial score (nSPS) is 12.2. The number of carbonyl (C=O) groups is 1. The van der Waals surface area contributed by atoms with E-state index in [-0.39, 0.29) is 23.3 Å². The van der Waals surface area contributed by atoms with Crippen LogP contribution >= 0.6 is 11.8 Å². The van der Waals surface area contributed by atoms with Crippen LogP contribution in [-0.4, -0.2) is 59.9 Å². The zero-order chi connectivity index (χ0) is 22.8. The van der Waals surface area contributed by atoms with E-state index in [4.69, 9.17) is 9.72 Å². The second-order valence-electron chi connectivity index (χ2n) is 7.77. The van der Waals surface area contributed by atoms with Crippen LogP contribution in [0.3, 0.4) is 0 Å². The average molecular weight is 447 g/mol. The van der Waals surface area contributed by atoms with Crippen molar-refractivity contribution in [2.45, 2.75) is 43.2 Å². The van der Waals surface area contributed by atoms with Crippen molar-refractivity contribution in [3.8, 4) is 0 Å². The molecule has 7 nitrogen and oxygen atoms in total. The predicted octanol–water partition coefficient (Wildman–Crippen LogP) is 2.46. The number of amides is 1. The first-order chi connectivity index (χ1) is 14.9. The van der Waals surface area contributed by atoms with Gasteiger partial charge in [0, 0.05) is 39.2 Å². The summed E-state index contributed by atoms with van der Waals surface area (Å²) in [6, 6.07) is 9.85. The van der Waals surface area contributed by atoms with E-state index in [2.05, 4.69) is 5.32 Å². The Morgan fingerprint density at radius 2 is 2.00 bits per heavy atom. The Morgan fingerprint density at radius 3 is 2.61 bits per heavy atom. The number of thioether (sulfide) groups is 1. The van der Waals surface area contributed by atoms with Crippen molar-refractivity contribution in [1.82, 2.24) is 19.8 Å². The molecular formula is C23H34N4O3S. The van der Waals surface area contributed by atoms with Gasteiger partial charge in [0.25, 0.3) is 5.56 Å². The van der Waals surface area contributed by atoms with Crippen molar-refractivity contribution in [3.05, 3.63) is 57.5 Å². The maximum atomic E-state index is 13.2. The highest BCUT2D eigenvalue weighted by Gasteiger charge is 2.23. The number of carbonyl (C=O) groups excluding carboxylic acids is 1. The fourth-order valence-electron chi connectivity index (χ4n) is 3.16. The van der Waals surface area contributed by atoms with Crippen LogP contribution in [0.5, 0.6) is 0 Å². The van der Waals surface area contributed by atoms with Gasteiger partial charge in [-0.15, -0.1) is 0 Å². The largest absolute Gasteiger partial charge is 0.378 e. The van der Waals surface area contributed by atoms with Gasteiger partial charge in [-0.25, -0.2) is 4.98 Å². The van der Waals surface area contributed by atoms with E-state index in [1.807, 2.05) is 56.3 Å². The predicted molar refractivity (Wildman–Crippen MR) is 126 cm³/mol. The standard InChI is InChI=1S/C23H34N4O3S/c1-6-10-20(21(28)24-13-14-26(2)3)31-23-25-19(16-30-5)18(22(29)27(23)4)15-17-11-8-7-9-12-17/h7-9,11-12,20H,6,10,13-16H2,1-5H3,(H,24,28). The lowest BCUT2D eigenvalue weighted by atomic mass is 10.0. The molecule has 1 atom stereocenters. The summed E-state index contributed by atoms with van der Waals surface area (Å²) in [6.45, 7) is 3.66. The summed E-state index contributed by atoms with van der Waals surface area (Å²) in [7, 11) is 7.25. The van der Waals surface area contributed by atoms with Crippen molar-refractivity contribution in [3.63, 3.8) is 0 Å². The molecule has 8 heteroatoms. The zero-order valence-electron chi connectivity index (χ0n) is 19.2. The molecule has 0 radical (unpaired) electrons. The van der Waals surface area contributed by atoms with Gasteiger partial charge in [-0.2, -0.15) is 0 Å². The lowest BCUT2D eigenvalue weighted by Gasteiger charge is -2.19. The summed E-state index contributed by atoms with van der Waals surface area (Å²) >= 11 is 1.35. The monoisotopic (exact) mass is 446 g/mol. The van der Waals surface area contributed by atoms with Crippen LogP contribution in [0.15, 0.2) is 40.3 Å². The van der Waals surface area contributed by atoms with E-state index in [0.717, 1.165) is 18.5 Å². The van der Waals surface area contributed by atoms with Crippen molar-refractivity contribution in [2.75, 3.05) is 34.3 Å². The fourth-order valence-corrected chi connectivity index (χ4v) is 4.36. The molecule has 170 valence electrons. The Bertz CT molecular complexity index is 900. The first kappa shape index (κ1) is 25.1. The Balaban J connectivity index is 2.30. The van der Waals surface area contributed by atoms with Crippen molar-refractivity contribution >= 4 is 17.7 Å². The molecule has 0 bridgehead atoms. The molecule has 2 aromatic rings. The Kier molecular flexibility index (Phi) is 10.2. The van der Waals surface area contributed by atoms with E-state index in [9.17, 15) is 9.59 Å². The first-order valence-corrected chi connectivity index (χ1v) is 11.5. The second-order valence-corrected chi connectivity index (χ2v) is 8.94. The van der Waals surface area contributed by atoms with Crippen LogP contribution in [0.4, 0.5) is 0 Å². The number of methoxy groups -OCH3 is 1. The number of aromatic nitrogens is 2. The van der Waals surface area contributed by atoms with Crippen LogP contribution in [0.25, 0.3) is 0 Å². The van der Waals surface area contributed by atoms with E-state index < -0.39 is 0 Å². The maximum absolute atomic E-state index is 13.2. The molecular weight excluding hydrogens is 412 g/mol. The van der Waals surface area contributed by atoms with Gasteiger partial charge < -0.3 is 15.0 Å². The van der Waals surface area contributed by atoms with Gasteiger partial charge in [-0.1, -0.05) is 55.4 Å². The summed E-state index contributed by atoms with van der Waals surface area (Å²) in [6.07, 6.45) is 2.07. The lowest BCUT2D eigenvalue weighted by Crippen LogP contribution is -2.37. The minimum Gasteiger partial charge on any atom is -0.378 e. The van der Waals surface area contributed by atoms with Gasteiger partial charge in [0.15, 0.2) is 5.16 Å². The molecule has 2 rings (SSSR count). The average Bonchev–Trinajstić information content (AvgIpc) is 2.74. The molecule has 0 saturated heterocycles. The number of ether oxygens (including phenoxy) is 1. The van der Waals surface area contributed by atoms with Crippen LogP contribution < -0.4 is 10.9 Å². The van der Waals surface area contributed by atoms with Gasteiger partial charge in [0.05, 0.1) is 17.6 Å². The van der Waals surface area contributed by atoms with Gasteiger partial charge in [0.1, 0.15) is 0 Å². The first-order valence-electron chi connectivity index (χ1n) is 10.6. The highest BCUT2D eigenvalue weighted by Crippen LogP contribution is 2.25. The van der Waals surface area contributed by atoms with E-state index in [0.29, 0.717) is 35.8 Å². The summed E-state index contributed by atoms with van der Waals surface area (Å²) in [5.41, 5.74) is 2.20. The molecule has 1 N–H and O–H groups in total. The molecule has 0 aliphatic rings. The van der Waals surface area contributed by atoms with Crippen LogP contribution in [0, 0.1) is 0 Å². The Labute approximate surface area is 189 Å². The van der Waals surface area contributed by atoms with Gasteiger partial charge >= 0.3 is 0 Å². The van der Waals surface area contributed by atoms with Gasteiger partial charge in [-0.05, 0) is 26.1 Å². The van der Waals surface area contributed by atoms with E-state index >= 15 is 0 Å². The molecule has 0 spiro atoms. The summed E-state index contributed by atoms with van der Waals surface area (Å²) < 4.78 is 6.88. The highest BCUT2D eigenvalue weighted by atomic mass is 32.2. The van der Waals surface area contributed by atoms with E-state index in [1.54, 1.807) is 18.7 Å². The van der Waals surface area contributed by atoms with E-state index in [1.165, 1.54) is 11.8 Å². The molecule has 0 saturated carbocycles. The third-order valence-electron chi connectivity index (χ3n) is 4.88. The molecule has 0 fully saturated rings.